The van der Waals surface area contributed by atoms with Gasteiger partial charge in [-0.2, -0.15) is 4.98 Å². The molecule has 0 N–H and O–H groups in total. The second-order valence-electron chi connectivity index (χ2n) is 7.86. The number of anilines is 2. The molecule has 6 nitrogen and oxygen atoms in total. The lowest BCUT2D eigenvalue weighted by Crippen LogP contribution is -2.33. The molecule has 0 saturated heterocycles. The van der Waals surface area contributed by atoms with Crippen LogP contribution in [0.15, 0.2) is 66.9 Å². The van der Waals surface area contributed by atoms with Gasteiger partial charge in [-0.25, -0.2) is 4.98 Å². The highest BCUT2D eigenvalue weighted by molar-refractivity contribution is 6.11. The summed E-state index contributed by atoms with van der Waals surface area (Å²) in [7, 11) is 0. The molecule has 0 aliphatic carbocycles. The van der Waals surface area contributed by atoms with E-state index in [-0.39, 0.29) is 5.91 Å². The lowest BCUT2D eigenvalue weighted by molar-refractivity contribution is -0.121. The Morgan fingerprint density at radius 1 is 1.00 bits per heavy atom. The van der Waals surface area contributed by atoms with Crippen molar-refractivity contribution in [3.05, 3.63) is 72.4 Å². The van der Waals surface area contributed by atoms with Gasteiger partial charge in [-0.1, -0.05) is 18.2 Å². The Labute approximate surface area is 174 Å². The normalized spacial score (nSPS) is 14.9. The Balaban J connectivity index is 1.47. The van der Waals surface area contributed by atoms with E-state index in [1.165, 1.54) is 0 Å². The average Bonchev–Trinajstić information content (AvgIpc) is 3.21. The van der Waals surface area contributed by atoms with Crippen molar-refractivity contribution < 1.29 is 9.53 Å². The molecule has 1 aliphatic heterocycles. The molecular weight excluding hydrogens is 376 g/mol. The number of amides is 1. The van der Waals surface area contributed by atoms with Crippen molar-refractivity contribution in [1.82, 2.24) is 14.5 Å². The third-order valence-corrected chi connectivity index (χ3v) is 5.65. The van der Waals surface area contributed by atoms with Crippen LogP contribution in [0.3, 0.4) is 0 Å². The quantitative estimate of drug-likeness (QED) is 0.474. The summed E-state index contributed by atoms with van der Waals surface area (Å²) in [6.07, 6.45) is 1.72. The van der Waals surface area contributed by atoms with E-state index in [1.807, 2.05) is 79.1 Å². The van der Waals surface area contributed by atoms with Gasteiger partial charge in [0.05, 0.1) is 22.1 Å². The summed E-state index contributed by atoms with van der Waals surface area (Å²) in [5, 5.41) is 0. The van der Waals surface area contributed by atoms with Crippen molar-refractivity contribution in [1.29, 1.82) is 0 Å². The highest BCUT2D eigenvalue weighted by Crippen LogP contribution is 2.44. The Morgan fingerprint density at radius 3 is 2.53 bits per heavy atom. The molecule has 2 aromatic carbocycles. The third-order valence-electron chi connectivity index (χ3n) is 5.65. The minimum absolute atomic E-state index is 0.0117. The number of hydrogen-bond acceptors (Lipinski definition) is 4. The molecule has 4 aromatic rings. The number of carbonyl (C=O) groups is 1. The van der Waals surface area contributed by atoms with E-state index in [4.69, 9.17) is 4.74 Å². The molecule has 0 saturated carbocycles. The number of ether oxygens (including phenoxy) is 1. The zero-order valence-corrected chi connectivity index (χ0v) is 17.2. The summed E-state index contributed by atoms with van der Waals surface area (Å²) in [5.41, 5.74) is 3.04. The second-order valence-corrected chi connectivity index (χ2v) is 7.86. The molecular formula is C24H22N4O2. The molecule has 0 atom stereocenters. The highest BCUT2D eigenvalue weighted by atomic mass is 16.5. The van der Waals surface area contributed by atoms with Crippen LogP contribution in [-0.4, -0.2) is 20.4 Å². The monoisotopic (exact) mass is 398 g/mol. The zero-order chi connectivity index (χ0) is 20.9. The van der Waals surface area contributed by atoms with E-state index in [1.54, 1.807) is 11.1 Å². The Bertz CT molecular complexity index is 1260. The standard InChI is InChI=1S/C24H22N4O2/c1-4-27-20-10-6-5-9-19(20)26-23(27)30-17-13-11-16(12-14-17)28-21-18(8-7-15-25-21)24(2,3)22(28)29/h5-15H,4H2,1-3H3. The third kappa shape index (κ3) is 2.68. The van der Waals surface area contributed by atoms with Crippen LogP contribution >= 0.6 is 0 Å². The van der Waals surface area contributed by atoms with E-state index in [2.05, 4.69) is 16.9 Å². The Hall–Kier alpha value is -3.67. The van der Waals surface area contributed by atoms with Gasteiger partial charge in [0.25, 0.3) is 0 Å². The van der Waals surface area contributed by atoms with Crippen LogP contribution in [0.2, 0.25) is 0 Å². The maximum atomic E-state index is 13.1. The number of imidazole rings is 1. The Morgan fingerprint density at radius 2 is 1.77 bits per heavy atom. The van der Waals surface area contributed by atoms with Gasteiger partial charge in [0.1, 0.15) is 11.6 Å². The largest absolute Gasteiger partial charge is 0.425 e. The number of fused-ring (bicyclic) bond motifs is 2. The fourth-order valence-corrected chi connectivity index (χ4v) is 4.00. The fourth-order valence-electron chi connectivity index (χ4n) is 4.00. The molecule has 1 amide bonds. The highest BCUT2D eigenvalue weighted by Gasteiger charge is 2.45. The summed E-state index contributed by atoms with van der Waals surface area (Å²) >= 11 is 0. The number of hydrogen-bond donors (Lipinski definition) is 0. The molecule has 0 radical (unpaired) electrons. The van der Waals surface area contributed by atoms with Crippen molar-refractivity contribution in [3.63, 3.8) is 0 Å². The first-order valence-corrected chi connectivity index (χ1v) is 10.0. The minimum Gasteiger partial charge on any atom is -0.425 e. The lowest BCUT2D eigenvalue weighted by atomic mass is 9.87. The van der Waals surface area contributed by atoms with Crippen molar-refractivity contribution in [3.8, 4) is 11.8 Å². The Kier molecular flexibility index (Phi) is 4.10. The van der Waals surface area contributed by atoms with Gasteiger partial charge in [0, 0.05) is 18.3 Å². The molecule has 2 aromatic heterocycles. The predicted octanol–water partition coefficient (Wildman–Crippen LogP) is 5.20. The second kappa shape index (κ2) is 6.69. The van der Waals surface area contributed by atoms with Gasteiger partial charge < -0.3 is 4.74 Å². The minimum atomic E-state index is -0.606. The van der Waals surface area contributed by atoms with Crippen LogP contribution in [0.1, 0.15) is 26.3 Å². The number of pyridine rings is 1. The first kappa shape index (κ1) is 18.4. The number of nitrogens with zero attached hydrogens (tertiary/aromatic N) is 4. The molecule has 1 aliphatic rings. The molecule has 3 heterocycles. The topological polar surface area (TPSA) is 60.2 Å². The van der Waals surface area contributed by atoms with Gasteiger partial charge in [0.15, 0.2) is 0 Å². The van der Waals surface area contributed by atoms with E-state index in [9.17, 15) is 4.79 Å². The molecule has 30 heavy (non-hydrogen) atoms. The van der Waals surface area contributed by atoms with Gasteiger partial charge in [-0.3, -0.25) is 14.3 Å². The SMILES string of the molecule is CCn1c(Oc2ccc(N3C(=O)C(C)(C)c4cccnc43)cc2)nc2ccccc21. The number of aryl methyl sites for hydroxylation is 1. The molecule has 6 heteroatoms. The van der Waals surface area contributed by atoms with Crippen molar-refractivity contribution >= 4 is 28.4 Å². The van der Waals surface area contributed by atoms with Gasteiger partial charge in [-0.05, 0) is 63.2 Å². The van der Waals surface area contributed by atoms with Crippen molar-refractivity contribution in [2.45, 2.75) is 32.7 Å². The molecule has 150 valence electrons. The molecule has 0 spiro atoms. The smallest absolute Gasteiger partial charge is 0.302 e. The number of rotatable bonds is 4. The maximum absolute atomic E-state index is 13.1. The maximum Gasteiger partial charge on any atom is 0.302 e. The lowest BCUT2D eigenvalue weighted by Gasteiger charge is -2.20. The zero-order valence-electron chi connectivity index (χ0n) is 17.2. The van der Waals surface area contributed by atoms with Gasteiger partial charge in [-0.15, -0.1) is 0 Å². The summed E-state index contributed by atoms with van der Waals surface area (Å²) in [6.45, 7) is 6.69. The van der Waals surface area contributed by atoms with Crippen LogP contribution < -0.4 is 9.64 Å². The number of carbonyl (C=O) groups excluding carboxylic acids is 1. The van der Waals surface area contributed by atoms with Crippen molar-refractivity contribution in [2.75, 3.05) is 4.90 Å². The first-order chi connectivity index (χ1) is 14.5. The van der Waals surface area contributed by atoms with Crippen LogP contribution in [0.5, 0.6) is 11.8 Å². The summed E-state index contributed by atoms with van der Waals surface area (Å²) in [4.78, 5) is 23.8. The van der Waals surface area contributed by atoms with Crippen molar-refractivity contribution in [2.24, 2.45) is 0 Å². The molecule has 0 fully saturated rings. The fraction of sp³-hybridized carbons (Fsp3) is 0.208. The first-order valence-electron chi connectivity index (χ1n) is 10.0. The molecule has 0 bridgehead atoms. The van der Waals surface area contributed by atoms with E-state index in [0.29, 0.717) is 17.6 Å². The molecule has 5 rings (SSSR count). The number of benzene rings is 2. The van der Waals surface area contributed by atoms with E-state index < -0.39 is 5.41 Å². The average molecular weight is 398 g/mol. The summed E-state index contributed by atoms with van der Waals surface area (Å²) < 4.78 is 8.11. The van der Waals surface area contributed by atoms with Crippen LogP contribution in [0, 0.1) is 0 Å². The summed E-state index contributed by atoms with van der Waals surface area (Å²) in [6, 6.07) is 19.8. The van der Waals surface area contributed by atoms with Crippen LogP contribution in [0.4, 0.5) is 11.5 Å². The van der Waals surface area contributed by atoms with Crippen LogP contribution in [0.25, 0.3) is 11.0 Å². The summed E-state index contributed by atoms with van der Waals surface area (Å²) in [5.74, 6) is 1.36. The van der Waals surface area contributed by atoms with Crippen LogP contribution in [-0.2, 0) is 16.8 Å². The van der Waals surface area contributed by atoms with E-state index >= 15 is 0 Å². The predicted molar refractivity (Wildman–Crippen MR) is 116 cm³/mol. The van der Waals surface area contributed by atoms with E-state index in [0.717, 1.165) is 28.8 Å². The number of aromatic nitrogens is 3. The van der Waals surface area contributed by atoms with Gasteiger partial charge >= 0.3 is 6.01 Å². The van der Waals surface area contributed by atoms with Gasteiger partial charge in [0.2, 0.25) is 5.91 Å². The molecule has 0 unspecified atom stereocenters. The number of para-hydroxylation sites is 2.